The van der Waals surface area contributed by atoms with Crippen LogP contribution in [-0.2, 0) is 4.74 Å². The average molecular weight is 171 g/mol. The molecule has 0 aromatic rings. The highest BCUT2D eigenvalue weighted by molar-refractivity contribution is 4.76. The van der Waals surface area contributed by atoms with Gasteiger partial charge in [-0.25, -0.2) is 0 Å². The maximum Gasteiger partial charge on any atom is 0.0509 e. The quantitative estimate of drug-likeness (QED) is 0.696. The molecule has 1 aliphatic rings. The summed E-state index contributed by atoms with van der Waals surface area (Å²) in [5.74, 6) is 0.753. The Labute approximate surface area is 75.7 Å². The van der Waals surface area contributed by atoms with E-state index >= 15 is 0 Å². The fourth-order valence-electron chi connectivity index (χ4n) is 1.99. The maximum atomic E-state index is 5.47. The van der Waals surface area contributed by atoms with Crippen molar-refractivity contribution in [3.8, 4) is 0 Å². The summed E-state index contributed by atoms with van der Waals surface area (Å²) < 4.78 is 5.47. The van der Waals surface area contributed by atoms with E-state index in [0.717, 1.165) is 25.7 Å². The van der Waals surface area contributed by atoms with E-state index in [1.807, 2.05) is 0 Å². The van der Waals surface area contributed by atoms with Crippen molar-refractivity contribution >= 4 is 0 Å². The summed E-state index contributed by atoms with van der Waals surface area (Å²) in [6, 6.07) is 0.676. The molecule has 2 heteroatoms. The third-order valence-corrected chi connectivity index (χ3v) is 2.67. The van der Waals surface area contributed by atoms with Crippen molar-refractivity contribution in [2.45, 2.75) is 39.2 Å². The van der Waals surface area contributed by atoms with Gasteiger partial charge in [-0.15, -0.1) is 0 Å². The van der Waals surface area contributed by atoms with Crippen LogP contribution in [0.15, 0.2) is 0 Å². The Morgan fingerprint density at radius 1 is 1.50 bits per heavy atom. The first-order valence-corrected chi connectivity index (χ1v) is 5.19. The topological polar surface area (TPSA) is 21.3 Å². The predicted octanol–water partition coefficient (Wildman–Crippen LogP) is 1.80. The summed E-state index contributed by atoms with van der Waals surface area (Å²) in [5.41, 5.74) is 0. The van der Waals surface area contributed by atoms with Gasteiger partial charge >= 0.3 is 0 Å². The van der Waals surface area contributed by atoms with Crippen molar-refractivity contribution in [2.24, 2.45) is 5.92 Å². The Morgan fingerprint density at radius 2 is 2.33 bits per heavy atom. The van der Waals surface area contributed by atoms with Gasteiger partial charge in [-0.2, -0.15) is 0 Å². The van der Waals surface area contributed by atoms with Gasteiger partial charge in [-0.05, 0) is 31.7 Å². The van der Waals surface area contributed by atoms with Crippen molar-refractivity contribution in [3.63, 3.8) is 0 Å². The number of nitrogens with one attached hydrogen (secondary N) is 1. The van der Waals surface area contributed by atoms with Crippen LogP contribution in [-0.4, -0.2) is 25.8 Å². The fraction of sp³-hybridized carbons (Fsp3) is 1.00. The van der Waals surface area contributed by atoms with Crippen LogP contribution in [0.2, 0.25) is 0 Å². The summed E-state index contributed by atoms with van der Waals surface area (Å²) in [5, 5.41) is 3.52. The van der Waals surface area contributed by atoms with Crippen molar-refractivity contribution in [1.29, 1.82) is 0 Å². The lowest BCUT2D eigenvalue weighted by molar-refractivity contribution is 0.0389. The third-order valence-electron chi connectivity index (χ3n) is 2.67. The molecule has 1 heterocycles. The molecule has 0 aromatic heterocycles. The van der Waals surface area contributed by atoms with Gasteiger partial charge in [-0.3, -0.25) is 0 Å². The second-order valence-corrected chi connectivity index (χ2v) is 3.55. The molecule has 0 saturated carbocycles. The number of hydrogen-bond acceptors (Lipinski definition) is 2. The molecule has 1 aliphatic heterocycles. The average Bonchev–Trinajstić information content (AvgIpc) is 2.15. The smallest absolute Gasteiger partial charge is 0.0509 e. The standard InChI is InChI=1S/C10H21NO/c1-3-10(11-4-2)9-6-5-7-12-8-9/h9-11H,3-8H2,1-2H3. The van der Waals surface area contributed by atoms with E-state index < -0.39 is 0 Å². The van der Waals surface area contributed by atoms with Crippen LogP contribution in [0.25, 0.3) is 0 Å². The van der Waals surface area contributed by atoms with E-state index in [2.05, 4.69) is 19.2 Å². The molecule has 1 fully saturated rings. The first-order chi connectivity index (χ1) is 5.88. The van der Waals surface area contributed by atoms with Crippen LogP contribution in [0.3, 0.4) is 0 Å². The highest BCUT2D eigenvalue weighted by Crippen LogP contribution is 2.19. The Hall–Kier alpha value is -0.0800. The molecule has 2 atom stereocenters. The molecule has 0 aliphatic carbocycles. The second kappa shape index (κ2) is 5.55. The molecule has 1 rings (SSSR count). The highest BCUT2D eigenvalue weighted by Gasteiger charge is 2.21. The molecule has 1 N–H and O–H groups in total. The van der Waals surface area contributed by atoms with E-state index in [-0.39, 0.29) is 0 Å². The van der Waals surface area contributed by atoms with Crippen LogP contribution < -0.4 is 5.32 Å². The van der Waals surface area contributed by atoms with Gasteiger partial charge in [0.2, 0.25) is 0 Å². The van der Waals surface area contributed by atoms with E-state index in [0.29, 0.717) is 6.04 Å². The molecule has 12 heavy (non-hydrogen) atoms. The summed E-state index contributed by atoms with van der Waals surface area (Å²) in [7, 11) is 0. The van der Waals surface area contributed by atoms with Crippen molar-refractivity contribution in [2.75, 3.05) is 19.8 Å². The predicted molar refractivity (Wildman–Crippen MR) is 51.3 cm³/mol. The van der Waals surface area contributed by atoms with E-state index in [1.165, 1.54) is 19.3 Å². The minimum atomic E-state index is 0.676. The molecular weight excluding hydrogens is 150 g/mol. The molecule has 1 saturated heterocycles. The molecule has 0 aromatic carbocycles. The maximum absolute atomic E-state index is 5.47. The largest absolute Gasteiger partial charge is 0.381 e. The first-order valence-electron chi connectivity index (χ1n) is 5.19. The summed E-state index contributed by atoms with van der Waals surface area (Å²) in [6.07, 6.45) is 3.81. The fourth-order valence-corrected chi connectivity index (χ4v) is 1.99. The minimum Gasteiger partial charge on any atom is -0.381 e. The summed E-state index contributed by atoms with van der Waals surface area (Å²) in [6.45, 7) is 7.44. The van der Waals surface area contributed by atoms with Gasteiger partial charge in [0.1, 0.15) is 0 Å². The van der Waals surface area contributed by atoms with Crippen LogP contribution in [0.4, 0.5) is 0 Å². The molecular formula is C10H21NO. The summed E-state index contributed by atoms with van der Waals surface area (Å²) in [4.78, 5) is 0. The number of hydrogen-bond donors (Lipinski definition) is 1. The lowest BCUT2D eigenvalue weighted by atomic mass is 9.92. The molecule has 72 valence electrons. The van der Waals surface area contributed by atoms with Gasteiger partial charge in [0, 0.05) is 12.6 Å². The molecule has 2 nitrogen and oxygen atoms in total. The number of ether oxygens (including phenoxy) is 1. The van der Waals surface area contributed by atoms with Crippen molar-refractivity contribution in [1.82, 2.24) is 5.32 Å². The second-order valence-electron chi connectivity index (χ2n) is 3.55. The Kier molecular flexibility index (Phi) is 4.62. The van der Waals surface area contributed by atoms with Crippen LogP contribution >= 0.6 is 0 Å². The first kappa shape index (κ1) is 10.0. The molecule has 0 radical (unpaired) electrons. The lowest BCUT2D eigenvalue weighted by Crippen LogP contribution is -2.39. The van der Waals surface area contributed by atoms with Crippen LogP contribution in [0, 0.1) is 5.92 Å². The molecule has 0 spiro atoms. The number of rotatable bonds is 4. The normalized spacial score (nSPS) is 27.0. The van der Waals surface area contributed by atoms with Crippen LogP contribution in [0.5, 0.6) is 0 Å². The van der Waals surface area contributed by atoms with Gasteiger partial charge in [-0.1, -0.05) is 13.8 Å². The highest BCUT2D eigenvalue weighted by atomic mass is 16.5. The third kappa shape index (κ3) is 2.76. The SMILES string of the molecule is CCNC(CC)C1CCCOC1. The molecule has 0 amide bonds. The Morgan fingerprint density at radius 3 is 2.83 bits per heavy atom. The molecule has 2 unspecified atom stereocenters. The van der Waals surface area contributed by atoms with Gasteiger partial charge < -0.3 is 10.1 Å². The Balaban J connectivity index is 2.29. The van der Waals surface area contributed by atoms with Crippen molar-refractivity contribution < 1.29 is 4.74 Å². The monoisotopic (exact) mass is 171 g/mol. The zero-order valence-electron chi connectivity index (χ0n) is 8.31. The van der Waals surface area contributed by atoms with Gasteiger partial charge in [0.25, 0.3) is 0 Å². The van der Waals surface area contributed by atoms with E-state index in [4.69, 9.17) is 4.74 Å². The zero-order chi connectivity index (χ0) is 8.81. The van der Waals surface area contributed by atoms with Gasteiger partial charge in [0.15, 0.2) is 0 Å². The minimum absolute atomic E-state index is 0.676. The lowest BCUT2D eigenvalue weighted by Gasteiger charge is -2.29. The Bertz CT molecular complexity index is 108. The van der Waals surface area contributed by atoms with E-state index in [1.54, 1.807) is 0 Å². The van der Waals surface area contributed by atoms with E-state index in [9.17, 15) is 0 Å². The van der Waals surface area contributed by atoms with Crippen molar-refractivity contribution in [3.05, 3.63) is 0 Å². The van der Waals surface area contributed by atoms with Crippen LogP contribution in [0.1, 0.15) is 33.1 Å². The van der Waals surface area contributed by atoms with Gasteiger partial charge in [0.05, 0.1) is 6.61 Å². The summed E-state index contributed by atoms with van der Waals surface area (Å²) >= 11 is 0. The zero-order valence-corrected chi connectivity index (χ0v) is 8.31. The molecule has 0 bridgehead atoms.